The number of carboxylic acid groups (broad SMARTS) is 1. The zero-order chi connectivity index (χ0) is 18.7. The lowest BCUT2D eigenvalue weighted by molar-refractivity contribution is -0.129. The van der Waals surface area contributed by atoms with Crippen LogP contribution < -0.4 is 4.90 Å². The first kappa shape index (κ1) is 18.2. The molecule has 2 heterocycles. The minimum atomic E-state index is -1.18. The molecule has 0 bridgehead atoms. The highest BCUT2D eigenvalue weighted by Crippen LogP contribution is 2.29. The molecular formula is C20H25N3O3. The molecule has 26 heavy (non-hydrogen) atoms. The van der Waals surface area contributed by atoms with E-state index in [2.05, 4.69) is 29.1 Å². The number of carboxylic acids is 1. The van der Waals surface area contributed by atoms with Crippen molar-refractivity contribution in [1.82, 2.24) is 5.01 Å². The van der Waals surface area contributed by atoms with Gasteiger partial charge in [-0.3, -0.25) is 4.79 Å². The van der Waals surface area contributed by atoms with Gasteiger partial charge in [0.25, 0.3) is 5.91 Å². The van der Waals surface area contributed by atoms with Crippen LogP contribution in [-0.4, -0.2) is 47.3 Å². The Hall–Kier alpha value is -2.63. The van der Waals surface area contributed by atoms with Crippen LogP contribution in [0.25, 0.3) is 6.08 Å². The number of benzene rings is 1. The van der Waals surface area contributed by atoms with Crippen molar-refractivity contribution in [2.45, 2.75) is 39.5 Å². The summed E-state index contributed by atoms with van der Waals surface area (Å²) in [6, 6.07) is 6.12. The summed E-state index contributed by atoms with van der Waals surface area (Å²) < 4.78 is 0. The van der Waals surface area contributed by atoms with Crippen LogP contribution in [-0.2, 0) is 16.0 Å². The molecule has 0 aliphatic carbocycles. The van der Waals surface area contributed by atoms with E-state index < -0.39 is 5.97 Å². The summed E-state index contributed by atoms with van der Waals surface area (Å²) in [6.07, 6.45) is 6.11. The van der Waals surface area contributed by atoms with Crippen LogP contribution in [0.1, 0.15) is 44.2 Å². The van der Waals surface area contributed by atoms with Crippen molar-refractivity contribution in [2.24, 2.45) is 5.10 Å². The predicted molar refractivity (Wildman–Crippen MR) is 102 cm³/mol. The summed E-state index contributed by atoms with van der Waals surface area (Å²) in [4.78, 5) is 26.2. The fourth-order valence-electron chi connectivity index (χ4n) is 3.50. The van der Waals surface area contributed by atoms with E-state index in [9.17, 15) is 14.7 Å². The number of fused-ring (bicyclic) bond motifs is 1. The SMILES string of the molecule is CCCCN1CCCc2cc(C=C3C(=O)N(CC)N=C3C(=O)O)ccc21. The Labute approximate surface area is 153 Å². The molecule has 2 aliphatic heterocycles. The number of carbonyl (C=O) groups is 2. The molecule has 0 saturated heterocycles. The number of aliphatic carboxylic acids is 1. The second-order valence-electron chi connectivity index (χ2n) is 6.66. The summed E-state index contributed by atoms with van der Waals surface area (Å²) in [5.74, 6) is -1.53. The van der Waals surface area contributed by atoms with E-state index in [1.807, 2.05) is 6.07 Å². The molecule has 2 aliphatic rings. The Morgan fingerprint density at radius 3 is 2.85 bits per heavy atom. The first-order valence-corrected chi connectivity index (χ1v) is 9.28. The highest BCUT2D eigenvalue weighted by Gasteiger charge is 2.33. The van der Waals surface area contributed by atoms with E-state index >= 15 is 0 Å². The molecule has 0 radical (unpaired) electrons. The smallest absolute Gasteiger partial charge is 0.357 e. The van der Waals surface area contributed by atoms with Crippen LogP contribution in [0.5, 0.6) is 0 Å². The number of likely N-dealkylation sites (N-methyl/N-ethyl adjacent to an activating group) is 1. The Bertz CT molecular complexity index is 783. The van der Waals surface area contributed by atoms with Crippen molar-refractivity contribution in [3.63, 3.8) is 0 Å². The van der Waals surface area contributed by atoms with Gasteiger partial charge < -0.3 is 10.0 Å². The number of unbranched alkanes of at least 4 members (excludes halogenated alkanes) is 1. The van der Waals surface area contributed by atoms with Crippen LogP contribution in [0, 0.1) is 0 Å². The number of amides is 1. The number of aryl methyl sites for hydroxylation is 1. The average Bonchev–Trinajstić information content (AvgIpc) is 2.95. The van der Waals surface area contributed by atoms with Crippen molar-refractivity contribution in [3.8, 4) is 0 Å². The van der Waals surface area contributed by atoms with E-state index in [-0.39, 0.29) is 17.2 Å². The van der Waals surface area contributed by atoms with Crippen LogP contribution >= 0.6 is 0 Å². The molecule has 1 N–H and O–H groups in total. The number of hydrogen-bond acceptors (Lipinski definition) is 4. The van der Waals surface area contributed by atoms with Crippen LogP contribution in [0.4, 0.5) is 5.69 Å². The van der Waals surface area contributed by atoms with Crippen LogP contribution in [0.3, 0.4) is 0 Å². The highest BCUT2D eigenvalue weighted by atomic mass is 16.4. The molecule has 0 saturated carbocycles. The van der Waals surface area contributed by atoms with Gasteiger partial charge in [0.15, 0.2) is 5.71 Å². The van der Waals surface area contributed by atoms with Gasteiger partial charge in [-0.2, -0.15) is 5.10 Å². The zero-order valence-corrected chi connectivity index (χ0v) is 15.4. The number of nitrogens with zero attached hydrogens (tertiary/aromatic N) is 3. The lowest BCUT2D eigenvalue weighted by atomic mass is 9.97. The maximum Gasteiger partial charge on any atom is 0.357 e. The number of hydrogen-bond donors (Lipinski definition) is 1. The van der Waals surface area contributed by atoms with Gasteiger partial charge >= 0.3 is 5.97 Å². The lowest BCUT2D eigenvalue weighted by Crippen LogP contribution is -2.30. The number of rotatable bonds is 6. The maximum atomic E-state index is 12.4. The van der Waals surface area contributed by atoms with Crippen molar-refractivity contribution < 1.29 is 14.7 Å². The minimum Gasteiger partial charge on any atom is -0.476 e. The molecule has 6 nitrogen and oxygen atoms in total. The predicted octanol–water partition coefficient (Wildman–Crippen LogP) is 2.93. The molecule has 0 unspecified atom stereocenters. The molecule has 6 heteroatoms. The monoisotopic (exact) mass is 355 g/mol. The van der Waals surface area contributed by atoms with Gasteiger partial charge in [0, 0.05) is 25.3 Å². The van der Waals surface area contributed by atoms with Crippen molar-refractivity contribution >= 4 is 29.4 Å². The molecule has 0 fully saturated rings. The van der Waals surface area contributed by atoms with Crippen LogP contribution in [0.15, 0.2) is 28.9 Å². The maximum absolute atomic E-state index is 12.4. The molecular weight excluding hydrogens is 330 g/mol. The Morgan fingerprint density at radius 1 is 1.35 bits per heavy atom. The average molecular weight is 355 g/mol. The lowest BCUT2D eigenvalue weighted by Gasteiger charge is -2.31. The van der Waals surface area contributed by atoms with E-state index in [1.54, 1.807) is 13.0 Å². The van der Waals surface area contributed by atoms with E-state index in [4.69, 9.17) is 0 Å². The standard InChI is InChI=1S/C20H25N3O3/c1-3-5-10-22-11-6-7-15-12-14(8-9-17(15)22)13-16-18(20(25)26)21-23(4-2)19(16)24/h8-9,12-13H,3-7,10-11H2,1-2H3,(H,25,26). The molecule has 0 aromatic heterocycles. The molecule has 1 aromatic carbocycles. The third-order valence-electron chi connectivity index (χ3n) is 4.85. The van der Waals surface area contributed by atoms with Crippen molar-refractivity contribution in [2.75, 3.05) is 24.5 Å². The number of hydrazone groups is 1. The van der Waals surface area contributed by atoms with Gasteiger partial charge in [0.2, 0.25) is 0 Å². The van der Waals surface area contributed by atoms with Gasteiger partial charge in [-0.05, 0) is 55.5 Å². The van der Waals surface area contributed by atoms with E-state index in [0.29, 0.717) is 6.54 Å². The number of anilines is 1. The fraction of sp³-hybridized carbons (Fsp3) is 0.450. The van der Waals surface area contributed by atoms with Gasteiger partial charge in [0.1, 0.15) is 0 Å². The summed E-state index contributed by atoms with van der Waals surface area (Å²) in [6.45, 7) is 6.45. The van der Waals surface area contributed by atoms with Gasteiger partial charge in [0.05, 0.1) is 5.57 Å². The summed E-state index contributed by atoms with van der Waals surface area (Å²) >= 11 is 0. The molecule has 0 spiro atoms. The normalized spacial score (nSPS) is 18.3. The largest absolute Gasteiger partial charge is 0.476 e. The summed E-state index contributed by atoms with van der Waals surface area (Å²) in [7, 11) is 0. The van der Waals surface area contributed by atoms with Crippen molar-refractivity contribution in [3.05, 3.63) is 34.9 Å². The molecule has 3 rings (SSSR count). The minimum absolute atomic E-state index is 0.151. The quantitative estimate of drug-likeness (QED) is 0.796. The van der Waals surface area contributed by atoms with E-state index in [0.717, 1.165) is 31.5 Å². The fourth-order valence-corrected chi connectivity index (χ4v) is 3.50. The Balaban J connectivity index is 1.91. The molecule has 0 atom stereocenters. The third-order valence-corrected chi connectivity index (χ3v) is 4.85. The molecule has 1 aromatic rings. The van der Waals surface area contributed by atoms with Crippen LogP contribution in [0.2, 0.25) is 0 Å². The third kappa shape index (κ3) is 3.49. The Morgan fingerprint density at radius 2 is 2.15 bits per heavy atom. The highest BCUT2D eigenvalue weighted by molar-refractivity contribution is 6.51. The summed E-state index contributed by atoms with van der Waals surface area (Å²) in [5, 5.41) is 14.5. The summed E-state index contributed by atoms with van der Waals surface area (Å²) in [5.41, 5.74) is 3.33. The number of carbonyl (C=O) groups excluding carboxylic acids is 1. The topological polar surface area (TPSA) is 73.2 Å². The van der Waals surface area contributed by atoms with Crippen molar-refractivity contribution in [1.29, 1.82) is 0 Å². The van der Waals surface area contributed by atoms with Gasteiger partial charge in [-0.15, -0.1) is 0 Å². The Kier molecular flexibility index (Phi) is 5.40. The first-order chi connectivity index (χ1) is 12.5. The van der Waals surface area contributed by atoms with Gasteiger partial charge in [-0.1, -0.05) is 19.4 Å². The molecule has 1 amide bonds. The van der Waals surface area contributed by atoms with E-state index in [1.165, 1.54) is 29.1 Å². The molecule has 138 valence electrons. The first-order valence-electron chi connectivity index (χ1n) is 9.28. The second kappa shape index (κ2) is 7.72. The second-order valence-corrected chi connectivity index (χ2v) is 6.66. The van der Waals surface area contributed by atoms with Gasteiger partial charge in [-0.25, -0.2) is 9.80 Å². The zero-order valence-electron chi connectivity index (χ0n) is 15.4.